The van der Waals surface area contributed by atoms with Crippen LogP contribution in [0.4, 0.5) is 0 Å². The van der Waals surface area contributed by atoms with Crippen molar-refractivity contribution in [1.29, 1.82) is 0 Å². The van der Waals surface area contributed by atoms with Crippen LogP contribution in [0, 0.1) is 0 Å². The second-order valence-electron chi connectivity index (χ2n) is 4.10. The number of nitrogens with zero attached hydrogens (tertiary/aromatic N) is 1. The van der Waals surface area contributed by atoms with Crippen molar-refractivity contribution in [3.63, 3.8) is 0 Å². The molecule has 1 amide bonds. The smallest absolute Gasteiger partial charge is 0.240 e. The molecule has 1 aromatic carbocycles. The fourth-order valence-electron chi connectivity index (χ4n) is 1.56. The molecule has 4 heteroatoms. The summed E-state index contributed by atoms with van der Waals surface area (Å²) in [7, 11) is 0. The zero-order valence-corrected chi connectivity index (χ0v) is 10.9. The molecular weight excluding hydrogens is 238 g/mol. The van der Waals surface area contributed by atoms with Crippen LogP contribution in [0.3, 0.4) is 0 Å². The van der Waals surface area contributed by atoms with Crippen molar-refractivity contribution in [3.8, 4) is 0 Å². The molecule has 0 fully saturated rings. The third-order valence-electron chi connectivity index (χ3n) is 2.62. The zero-order valence-electron chi connectivity index (χ0n) is 10.1. The predicted molar refractivity (Wildman–Crippen MR) is 68.9 cm³/mol. The summed E-state index contributed by atoms with van der Waals surface area (Å²) >= 11 is 5.82. The van der Waals surface area contributed by atoms with Gasteiger partial charge in [0.1, 0.15) is 5.38 Å². The molecule has 0 aliphatic rings. The Morgan fingerprint density at radius 1 is 1.35 bits per heavy atom. The SMILES string of the molecule is CC(Cl)C(=O)N(Cc1ccccc1)C(C)CO. The van der Waals surface area contributed by atoms with Crippen LogP contribution in [0.2, 0.25) is 0 Å². The standard InChI is InChI=1S/C13H18ClNO2/c1-10(9-16)15(13(17)11(2)14)8-12-6-4-3-5-7-12/h3-7,10-11,16H,8-9H2,1-2H3. The van der Waals surface area contributed by atoms with Gasteiger partial charge in [-0.3, -0.25) is 4.79 Å². The minimum Gasteiger partial charge on any atom is -0.394 e. The average Bonchev–Trinajstić information content (AvgIpc) is 2.35. The number of benzene rings is 1. The maximum absolute atomic E-state index is 11.9. The Morgan fingerprint density at radius 3 is 2.41 bits per heavy atom. The predicted octanol–water partition coefficient (Wildman–Crippen LogP) is 2.02. The highest BCUT2D eigenvalue weighted by Gasteiger charge is 2.23. The molecule has 0 spiro atoms. The van der Waals surface area contributed by atoms with E-state index in [9.17, 15) is 9.90 Å². The van der Waals surface area contributed by atoms with E-state index >= 15 is 0 Å². The number of carbonyl (C=O) groups is 1. The van der Waals surface area contributed by atoms with Gasteiger partial charge in [-0.15, -0.1) is 11.6 Å². The van der Waals surface area contributed by atoms with Gasteiger partial charge in [0.05, 0.1) is 12.6 Å². The summed E-state index contributed by atoms with van der Waals surface area (Å²) in [5.41, 5.74) is 1.03. The third-order valence-corrected chi connectivity index (χ3v) is 2.80. The highest BCUT2D eigenvalue weighted by Crippen LogP contribution is 2.12. The molecule has 17 heavy (non-hydrogen) atoms. The van der Waals surface area contributed by atoms with Gasteiger partial charge in [0.2, 0.25) is 5.91 Å². The van der Waals surface area contributed by atoms with Crippen molar-refractivity contribution in [2.75, 3.05) is 6.61 Å². The van der Waals surface area contributed by atoms with Crippen molar-refractivity contribution >= 4 is 17.5 Å². The van der Waals surface area contributed by atoms with Crippen LogP contribution in [0.25, 0.3) is 0 Å². The first-order valence-corrected chi connectivity index (χ1v) is 6.09. The van der Waals surface area contributed by atoms with Crippen LogP contribution < -0.4 is 0 Å². The lowest BCUT2D eigenvalue weighted by Gasteiger charge is -2.29. The van der Waals surface area contributed by atoms with Gasteiger partial charge >= 0.3 is 0 Å². The quantitative estimate of drug-likeness (QED) is 0.818. The largest absolute Gasteiger partial charge is 0.394 e. The number of aliphatic hydroxyl groups is 1. The summed E-state index contributed by atoms with van der Waals surface area (Å²) in [5.74, 6) is -0.155. The van der Waals surface area contributed by atoms with E-state index in [-0.39, 0.29) is 18.6 Å². The number of hydrogen-bond acceptors (Lipinski definition) is 2. The molecule has 3 nitrogen and oxygen atoms in total. The van der Waals surface area contributed by atoms with Crippen LogP contribution in [0.5, 0.6) is 0 Å². The fourth-order valence-corrected chi connectivity index (χ4v) is 1.68. The fraction of sp³-hybridized carbons (Fsp3) is 0.462. The van der Waals surface area contributed by atoms with E-state index in [1.165, 1.54) is 0 Å². The molecule has 0 bridgehead atoms. The molecule has 94 valence electrons. The van der Waals surface area contributed by atoms with Crippen molar-refractivity contribution in [3.05, 3.63) is 35.9 Å². The summed E-state index contributed by atoms with van der Waals surface area (Å²) in [6.07, 6.45) is 0. The Labute approximate surface area is 107 Å². The minimum absolute atomic E-state index is 0.0673. The van der Waals surface area contributed by atoms with Gasteiger partial charge in [-0.2, -0.15) is 0 Å². The van der Waals surface area contributed by atoms with Crippen LogP contribution in [-0.4, -0.2) is 33.9 Å². The van der Waals surface area contributed by atoms with Crippen molar-refractivity contribution in [2.45, 2.75) is 31.8 Å². The van der Waals surface area contributed by atoms with E-state index in [1.807, 2.05) is 30.3 Å². The molecule has 0 aromatic heterocycles. The second-order valence-corrected chi connectivity index (χ2v) is 4.75. The van der Waals surface area contributed by atoms with Gasteiger partial charge in [-0.05, 0) is 19.4 Å². The zero-order chi connectivity index (χ0) is 12.8. The van der Waals surface area contributed by atoms with Crippen LogP contribution in [-0.2, 0) is 11.3 Å². The monoisotopic (exact) mass is 255 g/mol. The number of rotatable bonds is 5. The number of halogens is 1. The normalized spacial score (nSPS) is 14.1. The Morgan fingerprint density at radius 2 is 1.94 bits per heavy atom. The molecular formula is C13H18ClNO2. The first-order chi connectivity index (χ1) is 8.06. The number of carbonyl (C=O) groups excluding carboxylic acids is 1. The topological polar surface area (TPSA) is 40.5 Å². The van der Waals surface area contributed by atoms with Crippen molar-refractivity contribution in [2.24, 2.45) is 0 Å². The molecule has 0 aliphatic heterocycles. The number of aliphatic hydroxyl groups excluding tert-OH is 1. The highest BCUT2D eigenvalue weighted by molar-refractivity contribution is 6.30. The summed E-state index contributed by atoms with van der Waals surface area (Å²) < 4.78 is 0. The molecule has 2 atom stereocenters. The van der Waals surface area contributed by atoms with Crippen molar-refractivity contribution in [1.82, 2.24) is 4.90 Å². The highest BCUT2D eigenvalue weighted by atomic mass is 35.5. The second kappa shape index (κ2) is 6.62. The molecule has 0 saturated carbocycles. The van der Waals surface area contributed by atoms with E-state index in [4.69, 9.17) is 11.6 Å². The molecule has 0 radical (unpaired) electrons. The first kappa shape index (κ1) is 14.0. The first-order valence-electron chi connectivity index (χ1n) is 5.65. The summed E-state index contributed by atoms with van der Waals surface area (Å²) in [4.78, 5) is 13.5. The maximum atomic E-state index is 11.9. The summed E-state index contributed by atoms with van der Waals surface area (Å²) in [5, 5.41) is 8.60. The van der Waals surface area contributed by atoms with Gasteiger partial charge < -0.3 is 10.0 Å². The van der Waals surface area contributed by atoms with Gasteiger partial charge in [-0.1, -0.05) is 30.3 Å². The van der Waals surface area contributed by atoms with E-state index in [2.05, 4.69) is 0 Å². The van der Waals surface area contributed by atoms with E-state index in [0.29, 0.717) is 6.54 Å². The molecule has 0 aliphatic carbocycles. The summed E-state index contributed by atoms with van der Waals surface area (Å²) in [6, 6.07) is 9.43. The number of hydrogen-bond donors (Lipinski definition) is 1. The van der Waals surface area contributed by atoms with Crippen LogP contribution >= 0.6 is 11.6 Å². The lowest BCUT2D eigenvalue weighted by atomic mass is 10.1. The van der Waals surface area contributed by atoms with Crippen LogP contribution in [0.1, 0.15) is 19.4 Å². The Kier molecular flexibility index (Phi) is 5.45. The average molecular weight is 256 g/mol. The lowest BCUT2D eigenvalue weighted by molar-refractivity contribution is -0.134. The molecule has 0 saturated heterocycles. The minimum atomic E-state index is -0.576. The number of alkyl halides is 1. The van der Waals surface area contributed by atoms with Crippen LogP contribution in [0.15, 0.2) is 30.3 Å². The molecule has 0 heterocycles. The molecule has 1 aromatic rings. The lowest BCUT2D eigenvalue weighted by Crippen LogP contribution is -2.43. The van der Waals surface area contributed by atoms with Gasteiger partial charge in [0, 0.05) is 6.54 Å². The van der Waals surface area contributed by atoms with Gasteiger partial charge in [-0.25, -0.2) is 0 Å². The molecule has 2 unspecified atom stereocenters. The Bertz CT molecular complexity index is 354. The van der Waals surface area contributed by atoms with Crippen molar-refractivity contribution < 1.29 is 9.90 Å². The summed E-state index contributed by atoms with van der Waals surface area (Å²) in [6.45, 7) is 3.85. The molecule has 1 rings (SSSR count). The number of amides is 1. The van der Waals surface area contributed by atoms with E-state index < -0.39 is 5.38 Å². The maximum Gasteiger partial charge on any atom is 0.240 e. The van der Waals surface area contributed by atoms with E-state index in [0.717, 1.165) is 5.56 Å². The third kappa shape index (κ3) is 4.02. The van der Waals surface area contributed by atoms with E-state index in [1.54, 1.807) is 18.7 Å². The van der Waals surface area contributed by atoms with Gasteiger partial charge in [0.15, 0.2) is 0 Å². The Hall–Kier alpha value is -1.06. The molecule has 1 N–H and O–H groups in total. The Balaban J connectivity index is 2.81. The van der Waals surface area contributed by atoms with Gasteiger partial charge in [0.25, 0.3) is 0 Å².